The standard InChI is InChI=1S/C18H12ClN5O2/c19-13-6-3-12(4-7-13)5-8-16-22-15(23-26-16)10-24-11-21-17-14(18(24)25)2-1-9-20-17/h1-9,11H,10H2/b8-5+. The van der Waals surface area contributed by atoms with E-state index in [9.17, 15) is 4.79 Å². The Hall–Kier alpha value is -3.32. The zero-order chi connectivity index (χ0) is 17.9. The molecule has 0 atom stereocenters. The fourth-order valence-corrected chi connectivity index (χ4v) is 2.53. The second-order valence-corrected chi connectivity index (χ2v) is 5.92. The summed E-state index contributed by atoms with van der Waals surface area (Å²) in [6.45, 7) is 0.162. The molecule has 3 heterocycles. The Morgan fingerprint density at radius 2 is 1.96 bits per heavy atom. The van der Waals surface area contributed by atoms with E-state index < -0.39 is 0 Å². The molecule has 0 aliphatic rings. The zero-order valence-corrected chi connectivity index (χ0v) is 14.2. The summed E-state index contributed by atoms with van der Waals surface area (Å²) >= 11 is 5.86. The third-order valence-electron chi connectivity index (χ3n) is 3.68. The predicted octanol–water partition coefficient (Wildman–Crippen LogP) is 3.05. The Kier molecular flexibility index (Phi) is 4.28. The van der Waals surface area contributed by atoms with Gasteiger partial charge in [-0.2, -0.15) is 4.98 Å². The molecule has 0 fully saturated rings. The SMILES string of the molecule is O=c1c2cccnc2ncn1Cc1noc(/C=C/c2ccc(Cl)cc2)n1. The minimum Gasteiger partial charge on any atom is -0.335 e. The van der Waals surface area contributed by atoms with Crippen LogP contribution >= 0.6 is 11.6 Å². The molecule has 1 aromatic carbocycles. The van der Waals surface area contributed by atoms with E-state index in [4.69, 9.17) is 16.1 Å². The molecule has 0 aliphatic heterocycles. The van der Waals surface area contributed by atoms with E-state index in [1.807, 2.05) is 18.2 Å². The molecular weight excluding hydrogens is 354 g/mol. The van der Waals surface area contributed by atoms with Crippen molar-refractivity contribution in [1.29, 1.82) is 0 Å². The number of aromatic nitrogens is 5. The molecule has 7 nitrogen and oxygen atoms in total. The highest BCUT2D eigenvalue weighted by Crippen LogP contribution is 2.12. The number of benzene rings is 1. The molecule has 4 rings (SSSR count). The summed E-state index contributed by atoms with van der Waals surface area (Å²) in [4.78, 5) is 24.9. The molecule has 8 heteroatoms. The van der Waals surface area contributed by atoms with Crippen molar-refractivity contribution in [3.63, 3.8) is 0 Å². The number of pyridine rings is 1. The lowest BCUT2D eigenvalue weighted by Gasteiger charge is -2.02. The van der Waals surface area contributed by atoms with E-state index >= 15 is 0 Å². The van der Waals surface area contributed by atoms with Crippen LogP contribution in [0.1, 0.15) is 17.3 Å². The smallest absolute Gasteiger partial charge is 0.263 e. The van der Waals surface area contributed by atoms with Gasteiger partial charge in [-0.1, -0.05) is 28.9 Å². The number of hydrogen-bond donors (Lipinski definition) is 0. The van der Waals surface area contributed by atoms with Crippen LogP contribution in [0.4, 0.5) is 0 Å². The molecule has 0 aliphatic carbocycles. The first kappa shape index (κ1) is 16.2. The average Bonchev–Trinajstić information content (AvgIpc) is 3.11. The summed E-state index contributed by atoms with van der Waals surface area (Å²) in [7, 11) is 0. The molecule has 0 N–H and O–H groups in total. The second-order valence-electron chi connectivity index (χ2n) is 5.49. The van der Waals surface area contributed by atoms with Crippen LogP contribution in [0.5, 0.6) is 0 Å². The molecule has 4 aromatic rings. The van der Waals surface area contributed by atoms with Gasteiger partial charge in [0, 0.05) is 17.3 Å². The van der Waals surface area contributed by atoms with Gasteiger partial charge >= 0.3 is 0 Å². The van der Waals surface area contributed by atoms with Crippen molar-refractivity contribution in [2.24, 2.45) is 0 Å². The first-order valence-corrected chi connectivity index (χ1v) is 8.13. The summed E-state index contributed by atoms with van der Waals surface area (Å²) in [6.07, 6.45) is 6.56. The maximum atomic E-state index is 12.4. The van der Waals surface area contributed by atoms with Gasteiger partial charge in [0.15, 0.2) is 11.5 Å². The van der Waals surface area contributed by atoms with Crippen LogP contribution < -0.4 is 5.56 Å². The minimum atomic E-state index is -0.203. The summed E-state index contributed by atoms with van der Waals surface area (Å²) in [5, 5.41) is 5.02. The maximum Gasteiger partial charge on any atom is 0.263 e. The fraction of sp³-hybridized carbons (Fsp3) is 0.0556. The molecule has 0 radical (unpaired) electrons. The number of hydrogen-bond acceptors (Lipinski definition) is 6. The van der Waals surface area contributed by atoms with Crippen LogP contribution in [0.2, 0.25) is 5.02 Å². The highest BCUT2D eigenvalue weighted by atomic mass is 35.5. The van der Waals surface area contributed by atoms with E-state index in [1.54, 1.807) is 36.5 Å². The van der Waals surface area contributed by atoms with Crippen LogP contribution in [0.15, 0.2) is 58.2 Å². The van der Waals surface area contributed by atoms with Gasteiger partial charge in [-0.25, -0.2) is 9.97 Å². The topological polar surface area (TPSA) is 86.7 Å². The van der Waals surface area contributed by atoms with Crippen molar-refractivity contribution in [2.45, 2.75) is 6.54 Å². The quantitative estimate of drug-likeness (QED) is 0.552. The van der Waals surface area contributed by atoms with Crippen LogP contribution in [0.3, 0.4) is 0 Å². The summed E-state index contributed by atoms with van der Waals surface area (Å²) < 4.78 is 6.61. The van der Waals surface area contributed by atoms with Gasteiger partial charge in [0.25, 0.3) is 11.4 Å². The van der Waals surface area contributed by atoms with Crippen molar-refractivity contribution < 1.29 is 4.52 Å². The van der Waals surface area contributed by atoms with Gasteiger partial charge in [0.05, 0.1) is 11.9 Å². The number of fused-ring (bicyclic) bond motifs is 1. The van der Waals surface area contributed by atoms with Crippen molar-refractivity contribution in [1.82, 2.24) is 24.7 Å². The molecule has 0 spiro atoms. The van der Waals surface area contributed by atoms with Crippen LogP contribution in [0, 0.1) is 0 Å². The summed E-state index contributed by atoms with van der Waals surface area (Å²) in [5.41, 5.74) is 1.16. The van der Waals surface area contributed by atoms with Crippen molar-refractivity contribution in [3.8, 4) is 0 Å². The lowest BCUT2D eigenvalue weighted by atomic mass is 10.2. The molecule has 0 amide bonds. The Bertz CT molecular complexity index is 1150. The Balaban J connectivity index is 1.54. The molecule has 0 unspecified atom stereocenters. The Morgan fingerprint density at radius 1 is 1.12 bits per heavy atom. The minimum absolute atomic E-state index is 0.162. The van der Waals surface area contributed by atoms with Gasteiger partial charge in [0.2, 0.25) is 0 Å². The van der Waals surface area contributed by atoms with Crippen molar-refractivity contribution in [3.05, 3.63) is 81.6 Å². The third-order valence-corrected chi connectivity index (χ3v) is 3.93. The number of rotatable bonds is 4. The van der Waals surface area contributed by atoms with Gasteiger partial charge in [0.1, 0.15) is 6.33 Å². The predicted molar refractivity (Wildman–Crippen MR) is 97.6 cm³/mol. The van der Waals surface area contributed by atoms with Crippen LogP contribution in [0.25, 0.3) is 23.2 Å². The van der Waals surface area contributed by atoms with Gasteiger partial charge in [-0.3, -0.25) is 9.36 Å². The first-order valence-electron chi connectivity index (χ1n) is 7.75. The molecule has 3 aromatic heterocycles. The lowest BCUT2D eigenvalue weighted by molar-refractivity contribution is 0.401. The van der Waals surface area contributed by atoms with Gasteiger partial charge < -0.3 is 4.52 Å². The largest absolute Gasteiger partial charge is 0.335 e. The van der Waals surface area contributed by atoms with E-state index in [0.717, 1.165) is 5.56 Å². The maximum absolute atomic E-state index is 12.4. The third kappa shape index (κ3) is 3.38. The van der Waals surface area contributed by atoms with Gasteiger partial charge in [-0.15, -0.1) is 0 Å². The lowest BCUT2D eigenvalue weighted by Crippen LogP contribution is -2.21. The first-order chi connectivity index (χ1) is 12.7. The van der Waals surface area contributed by atoms with Crippen molar-refractivity contribution in [2.75, 3.05) is 0 Å². The molecule has 128 valence electrons. The Morgan fingerprint density at radius 3 is 2.81 bits per heavy atom. The van der Waals surface area contributed by atoms with E-state index in [-0.39, 0.29) is 12.1 Å². The van der Waals surface area contributed by atoms with Crippen LogP contribution in [-0.4, -0.2) is 24.7 Å². The summed E-state index contributed by atoms with van der Waals surface area (Å²) in [6, 6.07) is 10.7. The molecule has 0 saturated heterocycles. The zero-order valence-electron chi connectivity index (χ0n) is 13.4. The Labute approximate surface area is 152 Å². The van der Waals surface area contributed by atoms with E-state index in [2.05, 4.69) is 20.1 Å². The molecule has 0 bridgehead atoms. The summed E-state index contributed by atoms with van der Waals surface area (Å²) in [5.74, 6) is 0.728. The highest BCUT2D eigenvalue weighted by Gasteiger charge is 2.09. The number of halogens is 1. The normalized spacial score (nSPS) is 11.4. The molecule has 0 saturated carbocycles. The average molecular weight is 366 g/mol. The highest BCUT2D eigenvalue weighted by molar-refractivity contribution is 6.30. The van der Waals surface area contributed by atoms with E-state index in [1.165, 1.54) is 10.9 Å². The number of nitrogens with zero attached hydrogens (tertiary/aromatic N) is 5. The second kappa shape index (κ2) is 6.89. The van der Waals surface area contributed by atoms with Crippen LogP contribution in [-0.2, 0) is 6.54 Å². The van der Waals surface area contributed by atoms with E-state index in [0.29, 0.717) is 27.8 Å². The van der Waals surface area contributed by atoms with Gasteiger partial charge in [-0.05, 0) is 35.9 Å². The van der Waals surface area contributed by atoms with Crippen molar-refractivity contribution >= 4 is 34.8 Å². The fourth-order valence-electron chi connectivity index (χ4n) is 2.40. The molecule has 26 heavy (non-hydrogen) atoms. The molecular formula is C18H12ClN5O2. The monoisotopic (exact) mass is 365 g/mol.